The van der Waals surface area contributed by atoms with Crippen molar-refractivity contribution in [1.82, 2.24) is 9.80 Å². The maximum absolute atomic E-state index is 13.7. The van der Waals surface area contributed by atoms with Crippen molar-refractivity contribution in [3.63, 3.8) is 0 Å². The van der Waals surface area contributed by atoms with Crippen molar-refractivity contribution in [3.8, 4) is 0 Å². The maximum Gasteiger partial charge on any atom is 0.169 e. The highest BCUT2D eigenvalue weighted by molar-refractivity contribution is 5.98. The summed E-state index contributed by atoms with van der Waals surface area (Å²) in [5, 5.41) is 0. The van der Waals surface area contributed by atoms with Gasteiger partial charge in [0, 0.05) is 31.6 Å². The predicted molar refractivity (Wildman–Crippen MR) is 83.0 cm³/mol. The number of Topliss-reactive ketones (excluding diaryl/α,β-unsaturated/α-hetero) is 1. The Balaban J connectivity index is 1.98. The Kier molecular flexibility index (Phi) is 5.12. The molecule has 3 atom stereocenters. The Bertz CT molecular complexity index is 503. The summed E-state index contributed by atoms with van der Waals surface area (Å²) in [5.41, 5.74) is 0.210. The SMILES string of the molecule is CC(CN1CC(C)C(N(C)C)C1)C(=O)c1ccccc1F. The second-order valence-corrected chi connectivity index (χ2v) is 6.47. The summed E-state index contributed by atoms with van der Waals surface area (Å²) in [6, 6.07) is 6.77. The van der Waals surface area contributed by atoms with E-state index < -0.39 is 5.82 Å². The maximum atomic E-state index is 13.7. The molecule has 0 aliphatic carbocycles. The molecule has 0 radical (unpaired) electrons. The number of hydrogen-bond donors (Lipinski definition) is 0. The number of rotatable bonds is 5. The third-order valence-electron chi connectivity index (χ3n) is 4.43. The van der Waals surface area contributed by atoms with E-state index in [0.717, 1.165) is 13.1 Å². The molecule has 1 fully saturated rings. The van der Waals surface area contributed by atoms with Crippen LogP contribution in [-0.2, 0) is 0 Å². The molecule has 0 aromatic heterocycles. The zero-order valence-corrected chi connectivity index (χ0v) is 13.3. The molecule has 4 heteroatoms. The Morgan fingerprint density at radius 2 is 2.05 bits per heavy atom. The largest absolute Gasteiger partial charge is 0.305 e. The lowest BCUT2D eigenvalue weighted by Crippen LogP contribution is -2.36. The Morgan fingerprint density at radius 1 is 1.38 bits per heavy atom. The first-order valence-corrected chi connectivity index (χ1v) is 7.57. The van der Waals surface area contributed by atoms with E-state index in [1.165, 1.54) is 6.07 Å². The minimum atomic E-state index is -0.421. The van der Waals surface area contributed by atoms with Crippen molar-refractivity contribution < 1.29 is 9.18 Å². The van der Waals surface area contributed by atoms with Gasteiger partial charge in [-0.1, -0.05) is 26.0 Å². The van der Waals surface area contributed by atoms with E-state index in [1.54, 1.807) is 18.2 Å². The number of hydrogen-bond acceptors (Lipinski definition) is 3. The number of nitrogens with zero attached hydrogens (tertiary/aromatic N) is 2. The lowest BCUT2D eigenvalue weighted by molar-refractivity contribution is 0.0896. The summed E-state index contributed by atoms with van der Waals surface area (Å²) in [6.45, 7) is 6.80. The van der Waals surface area contributed by atoms with Crippen LogP contribution in [0.2, 0.25) is 0 Å². The van der Waals surface area contributed by atoms with Crippen molar-refractivity contribution >= 4 is 5.78 Å². The van der Waals surface area contributed by atoms with Gasteiger partial charge in [0.2, 0.25) is 0 Å². The molecule has 1 aromatic rings. The topological polar surface area (TPSA) is 23.6 Å². The van der Waals surface area contributed by atoms with Crippen LogP contribution < -0.4 is 0 Å². The summed E-state index contributed by atoms with van der Waals surface area (Å²) in [6.07, 6.45) is 0. The van der Waals surface area contributed by atoms with Crippen molar-refractivity contribution in [2.24, 2.45) is 11.8 Å². The standard InChI is InChI=1S/C17H25FN2O/c1-12-9-20(11-16(12)19(3)4)10-13(2)17(21)14-7-5-6-8-15(14)18/h5-8,12-13,16H,9-11H2,1-4H3. The van der Waals surface area contributed by atoms with Gasteiger partial charge in [-0.15, -0.1) is 0 Å². The number of halogens is 1. The van der Waals surface area contributed by atoms with Gasteiger partial charge >= 0.3 is 0 Å². The molecule has 3 nitrogen and oxygen atoms in total. The average molecular weight is 292 g/mol. The molecular weight excluding hydrogens is 267 g/mol. The molecule has 2 rings (SSSR count). The monoisotopic (exact) mass is 292 g/mol. The molecule has 1 aromatic carbocycles. The highest BCUT2D eigenvalue weighted by Gasteiger charge is 2.32. The van der Waals surface area contributed by atoms with Gasteiger partial charge in [0.25, 0.3) is 0 Å². The third kappa shape index (κ3) is 3.69. The second-order valence-electron chi connectivity index (χ2n) is 6.47. The fraction of sp³-hybridized carbons (Fsp3) is 0.588. The van der Waals surface area contributed by atoms with Crippen LogP contribution in [0.5, 0.6) is 0 Å². The fourth-order valence-corrected chi connectivity index (χ4v) is 3.27. The molecule has 0 amide bonds. The average Bonchev–Trinajstić information content (AvgIpc) is 2.79. The van der Waals surface area contributed by atoms with Gasteiger partial charge in [-0.25, -0.2) is 4.39 Å². The van der Waals surface area contributed by atoms with E-state index in [2.05, 4.69) is 30.8 Å². The van der Waals surface area contributed by atoms with Crippen LogP contribution in [0.1, 0.15) is 24.2 Å². The Morgan fingerprint density at radius 3 is 2.62 bits per heavy atom. The van der Waals surface area contributed by atoms with E-state index in [0.29, 0.717) is 18.5 Å². The van der Waals surface area contributed by atoms with Crippen LogP contribution in [-0.4, -0.2) is 55.4 Å². The second kappa shape index (κ2) is 6.67. The highest BCUT2D eigenvalue weighted by atomic mass is 19.1. The summed E-state index contributed by atoms with van der Waals surface area (Å²) < 4.78 is 13.7. The molecule has 0 spiro atoms. The van der Waals surface area contributed by atoms with E-state index in [1.807, 2.05) is 6.92 Å². The van der Waals surface area contributed by atoms with Gasteiger partial charge in [-0.3, -0.25) is 4.79 Å². The predicted octanol–water partition coefficient (Wildman–Crippen LogP) is 2.53. The molecule has 0 N–H and O–H groups in total. The number of benzene rings is 1. The normalized spacial score (nSPS) is 24.5. The van der Waals surface area contributed by atoms with E-state index in [9.17, 15) is 9.18 Å². The van der Waals surface area contributed by atoms with Gasteiger partial charge < -0.3 is 9.80 Å². The van der Waals surface area contributed by atoms with Crippen molar-refractivity contribution in [1.29, 1.82) is 0 Å². The van der Waals surface area contributed by atoms with Crippen LogP contribution >= 0.6 is 0 Å². The summed E-state index contributed by atoms with van der Waals surface area (Å²) in [7, 11) is 4.19. The summed E-state index contributed by atoms with van der Waals surface area (Å²) in [4.78, 5) is 16.9. The minimum Gasteiger partial charge on any atom is -0.305 e. The fourth-order valence-electron chi connectivity index (χ4n) is 3.27. The van der Waals surface area contributed by atoms with E-state index in [-0.39, 0.29) is 17.3 Å². The number of ketones is 1. The van der Waals surface area contributed by atoms with Gasteiger partial charge in [0.1, 0.15) is 5.82 Å². The first kappa shape index (κ1) is 16.1. The lowest BCUT2D eigenvalue weighted by Gasteiger charge is -2.23. The Hall–Kier alpha value is -1.26. The molecule has 3 unspecified atom stereocenters. The lowest BCUT2D eigenvalue weighted by atomic mass is 9.98. The zero-order valence-electron chi connectivity index (χ0n) is 13.3. The van der Waals surface area contributed by atoms with Gasteiger partial charge in [-0.2, -0.15) is 0 Å². The molecule has 0 bridgehead atoms. The van der Waals surface area contributed by atoms with Crippen LogP contribution in [0.4, 0.5) is 4.39 Å². The molecule has 21 heavy (non-hydrogen) atoms. The summed E-state index contributed by atoms with van der Waals surface area (Å²) >= 11 is 0. The first-order valence-electron chi connectivity index (χ1n) is 7.57. The van der Waals surface area contributed by atoms with E-state index in [4.69, 9.17) is 0 Å². The zero-order chi connectivity index (χ0) is 15.6. The highest BCUT2D eigenvalue weighted by Crippen LogP contribution is 2.22. The van der Waals surface area contributed by atoms with Crippen molar-refractivity contribution in [2.45, 2.75) is 19.9 Å². The Labute approximate surface area is 126 Å². The molecule has 1 aliphatic rings. The number of likely N-dealkylation sites (N-methyl/N-ethyl adjacent to an activating group) is 1. The minimum absolute atomic E-state index is 0.103. The van der Waals surface area contributed by atoms with Crippen LogP contribution in [0.15, 0.2) is 24.3 Å². The van der Waals surface area contributed by atoms with Crippen molar-refractivity contribution in [2.75, 3.05) is 33.7 Å². The molecule has 116 valence electrons. The summed E-state index contributed by atoms with van der Waals surface area (Å²) in [5.74, 6) is -0.116. The van der Waals surface area contributed by atoms with Gasteiger partial charge in [0.05, 0.1) is 5.56 Å². The van der Waals surface area contributed by atoms with E-state index >= 15 is 0 Å². The van der Waals surface area contributed by atoms with Crippen molar-refractivity contribution in [3.05, 3.63) is 35.6 Å². The molecule has 1 saturated heterocycles. The number of carbonyl (C=O) groups excluding carboxylic acids is 1. The molecule has 1 aliphatic heterocycles. The molecular formula is C17H25FN2O. The van der Waals surface area contributed by atoms with Crippen LogP contribution in [0, 0.1) is 17.7 Å². The molecule has 0 saturated carbocycles. The first-order chi connectivity index (χ1) is 9.90. The van der Waals surface area contributed by atoms with Crippen LogP contribution in [0.3, 0.4) is 0 Å². The molecule has 1 heterocycles. The number of likely N-dealkylation sites (tertiary alicyclic amines) is 1. The van der Waals surface area contributed by atoms with Crippen LogP contribution in [0.25, 0.3) is 0 Å². The quantitative estimate of drug-likeness (QED) is 0.779. The number of carbonyl (C=O) groups is 1. The third-order valence-corrected chi connectivity index (χ3v) is 4.43. The van der Waals surface area contributed by atoms with Gasteiger partial charge in [-0.05, 0) is 32.1 Å². The van der Waals surface area contributed by atoms with Gasteiger partial charge in [0.15, 0.2) is 5.78 Å². The smallest absolute Gasteiger partial charge is 0.169 e.